The van der Waals surface area contributed by atoms with E-state index in [0.717, 1.165) is 22.6 Å². The van der Waals surface area contributed by atoms with Crippen LogP contribution in [0.15, 0.2) is 53.9 Å². The zero-order chi connectivity index (χ0) is 16.9. The highest BCUT2D eigenvalue weighted by atomic mass is 35.5. The van der Waals surface area contributed by atoms with Crippen LogP contribution in [0.1, 0.15) is 10.6 Å². The lowest BCUT2D eigenvalue weighted by Gasteiger charge is -2.00. The summed E-state index contributed by atoms with van der Waals surface area (Å²) in [5, 5.41) is 12.7. The van der Waals surface area contributed by atoms with E-state index < -0.39 is 0 Å². The Kier molecular flexibility index (Phi) is 4.95. The molecule has 2 aromatic carbocycles. The average Bonchev–Trinajstić information content (AvgIpc) is 3.11. The molecule has 0 saturated heterocycles. The van der Waals surface area contributed by atoms with E-state index in [-0.39, 0.29) is 0 Å². The van der Waals surface area contributed by atoms with Crippen molar-refractivity contribution in [3.8, 4) is 23.1 Å². The summed E-state index contributed by atoms with van der Waals surface area (Å²) < 4.78 is 5.16. The molecule has 0 saturated carbocycles. The minimum Gasteiger partial charge on any atom is -0.497 e. The molecule has 0 aliphatic heterocycles. The molecule has 0 amide bonds. The number of aromatic nitrogens is 1. The van der Waals surface area contributed by atoms with Gasteiger partial charge in [-0.05, 0) is 42.0 Å². The molecule has 3 nitrogen and oxygen atoms in total. The molecule has 0 unspecified atom stereocenters. The van der Waals surface area contributed by atoms with Gasteiger partial charge in [0.05, 0.1) is 18.4 Å². The third-order valence-corrected chi connectivity index (χ3v) is 4.67. The van der Waals surface area contributed by atoms with Gasteiger partial charge in [-0.1, -0.05) is 29.8 Å². The number of hydrogen-bond acceptors (Lipinski definition) is 4. The predicted molar refractivity (Wildman–Crippen MR) is 99.0 cm³/mol. The Bertz CT molecular complexity index is 923. The number of benzene rings is 2. The van der Waals surface area contributed by atoms with Gasteiger partial charge in [0.1, 0.15) is 16.8 Å². The smallest absolute Gasteiger partial charge is 0.134 e. The molecule has 3 aromatic rings. The summed E-state index contributed by atoms with van der Waals surface area (Å²) in [7, 11) is 1.63. The van der Waals surface area contributed by atoms with E-state index in [0.29, 0.717) is 15.6 Å². The number of halogens is 1. The van der Waals surface area contributed by atoms with E-state index in [2.05, 4.69) is 11.1 Å². The molecule has 0 bridgehead atoms. The molecule has 3 rings (SSSR count). The molecule has 0 N–H and O–H groups in total. The lowest BCUT2D eigenvalue weighted by molar-refractivity contribution is 0.415. The summed E-state index contributed by atoms with van der Waals surface area (Å²) >= 11 is 7.60. The number of nitriles is 1. The van der Waals surface area contributed by atoms with Gasteiger partial charge >= 0.3 is 0 Å². The lowest BCUT2D eigenvalue weighted by Crippen LogP contribution is -1.85. The summed E-state index contributed by atoms with van der Waals surface area (Å²) in [6.07, 6.45) is 1.76. The van der Waals surface area contributed by atoms with Crippen LogP contribution >= 0.6 is 22.9 Å². The van der Waals surface area contributed by atoms with Gasteiger partial charge in [0.15, 0.2) is 0 Å². The molecular weight excluding hydrogens is 340 g/mol. The molecule has 0 aliphatic rings. The first-order chi connectivity index (χ1) is 11.7. The largest absolute Gasteiger partial charge is 0.497 e. The van der Waals surface area contributed by atoms with Crippen LogP contribution in [0, 0.1) is 11.3 Å². The summed E-state index contributed by atoms with van der Waals surface area (Å²) in [5.74, 6) is 0.797. The van der Waals surface area contributed by atoms with E-state index in [9.17, 15) is 5.26 Å². The van der Waals surface area contributed by atoms with Crippen LogP contribution in [0.3, 0.4) is 0 Å². The van der Waals surface area contributed by atoms with Gasteiger partial charge in [-0.25, -0.2) is 4.98 Å². The summed E-state index contributed by atoms with van der Waals surface area (Å²) in [5.41, 5.74) is 3.11. The SMILES string of the molecule is COc1ccc(-c2csc(/C(C#N)=C\c3ccccc3Cl)n2)cc1. The molecule has 0 fully saturated rings. The van der Waals surface area contributed by atoms with Gasteiger partial charge in [-0.3, -0.25) is 0 Å². The molecule has 24 heavy (non-hydrogen) atoms. The summed E-state index contributed by atoms with van der Waals surface area (Å²) in [4.78, 5) is 4.58. The van der Waals surface area contributed by atoms with Crippen molar-refractivity contribution >= 4 is 34.6 Å². The fraction of sp³-hybridized carbons (Fsp3) is 0.0526. The second kappa shape index (κ2) is 7.31. The molecule has 1 aromatic heterocycles. The maximum Gasteiger partial charge on any atom is 0.134 e. The lowest BCUT2D eigenvalue weighted by atomic mass is 10.1. The van der Waals surface area contributed by atoms with Crippen LogP contribution in [-0.4, -0.2) is 12.1 Å². The number of hydrogen-bond donors (Lipinski definition) is 0. The second-order valence-electron chi connectivity index (χ2n) is 4.96. The van der Waals surface area contributed by atoms with Crippen LogP contribution in [0.2, 0.25) is 5.02 Å². The molecule has 0 aliphatic carbocycles. The minimum atomic E-state index is 0.493. The molecule has 0 atom stereocenters. The van der Waals surface area contributed by atoms with E-state index in [4.69, 9.17) is 16.3 Å². The zero-order valence-electron chi connectivity index (χ0n) is 12.9. The number of methoxy groups -OCH3 is 1. The normalized spacial score (nSPS) is 11.1. The Morgan fingerprint density at radius 1 is 1.21 bits per heavy atom. The molecule has 118 valence electrons. The fourth-order valence-corrected chi connectivity index (χ4v) is 3.17. The highest BCUT2D eigenvalue weighted by Crippen LogP contribution is 2.29. The molecule has 0 radical (unpaired) electrons. The van der Waals surface area contributed by atoms with Gasteiger partial charge in [-0.15, -0.1) is 11.3 Å². The average molecular weight is 353 g/mol. The molecule has 5 heteroatoms. The van der Waals surface area contributed by atoms with Crippen LogP contribution < -0.4 is 4.74 Å². The van der Waals surface area contributed by atoms with Gasteiger partial charge in [0.25, 0.3) is 0 Å². The van der Waals surface area contributed by atoms with Crippen molar-refractivity contribution < 1.29 is 4.74 Å². The van der Waals surface area contributed by atoms with E-state index in [1.807, 2.05) is 47.8 Å². The van der Waals surface area contributed by atoms with Gasteiger partial charge in [-0.2, -0.15) is 5.26 Å². The quantitative estimate of drug-likeness (QED) is 0.579. The zero-order valence-corrected chi connectivity index (χ0v) is 14.4. The van der Waals surface area contributed by atoms with Crippen molar-refractivity contribution in [3.05, 3.63) is 69.5 Å². The van der Waals surface area contributed by atoms with E-state index in [1.54, 1.807) is 19.3 Å². The Morgan fingerprint density at radius 3 is 2.62 bits per heavy atom. The summed E-state index contributed by atoms with van der Waals surface area (Å²) in [6.45, 7) is 0. The number of rotatable bonds is 4. The van der Waals surface area contributed by atoms with Crippen molar-refractivity contribution in [2.75, 3.05) is 7.11 Å². The third-order valence-electron chi connectivity index (χ3n) is 3.45. The highest BCUT2D eigenvalue weighted by Gasteiger charge is 2.10. The maximum absolute atomic E-state index is 9.47. The van der Waals surface area contributed by atoms with Crippen molar-refractivity contribution in [3.63, 3.8) is 0 Å². The predicted octanol–water partition coefficient (Wildman–Crippen LogP) is 5.54. The van der Waals surface area contributed by atoms with E-state index in [1.165, 1.54) is 11.3 Å². The molecule has 0 spiro atoms. The van der Waals surface area contributed by atoms with Crippen LogP contribution in [0.25, 0.3) is 22.9 Å². The Morgan fingerprint density at radius 2 is 1.96 bits per heavy atom. The number of nitrogens with zero attached hydrogens (tertiary/aromatic N) is 2. The van der Waals surface area contributed by atoms with Gasteiger partial charge in [0, 0.05) is 16.0 Å². The first-order valence-electron chi connectivity index (χ1n) is 7.18. The first-order valence-corrected chi connectivity index (χ1v) is 8.43. The Hall–Kier alpha value is -2.61. The van der Waals surface area contributed by atoms with Gasteiger partial charge in [0.2, 0.25) is 0 Å². The van der Waals surface area contributed by atoms with Crippen molar-refractivity contribution in [1.82, 2.24) is 4.98 Å². The van der Waals surface area contributed by atoms with E-state index >= 15 is 0 Å². The van der Waals surface area contributed by atoms with Crippen LogP contribution in [0.4, 0.5) is 0 Å². The monoisotopic (exact) mass is 352 g/mol. The van der Waals surface area contributed by atoms with Crippen molar-refractivity contribution in [1.29, 1.82) is 5.26 Å². The Labute approximate surface area is 149 Å². The van der Waals surface area contributed by atoms with Gasteiger partial charge < -0.3 is 4.74 Å². The maximum atomic E-state index is 9.47. The Balaban J connectivity index is 1.93. The minimum absolute atomic E-state index is 0.493. The molecular formula is C19H13ClN2OS. The topological polar surface area (TPSA) is 45.9 Å². The number of allylic oxidation sites excluding steroid dienone is 1. The van der Waals surface area contributed by atoms with Crippen molar-refractivity contribution in [2.24, 2.45) is 0 Å². The fourth-order valence-electron chi connectivity index (χ4n) is 2.18. The third kappa shape index (κ3) is 3.48. The number of thiazole rings is 1. The number of ether oxygens (including phenoxy) is 1. The summed E-state index contributed by atoms with van der Waals surface area (Å²) in [6, 6.07) is 17.3. The standard InChI is InChI=1S/C19H13ClN2OS/c1-23-16-8-6-13(7-9-16)18-12-24-19(22-18)15(11-21)10-14-4-2-3-5-17(14)20/h2-10,12H,1H3/b15-10-. The van der Waals surface area contributed by atoms with Crippen LogP contribution in [0.5, 0.6) is 5.75 Å². The van der Waals surface area contributed by atoms with Crippen molar-refractivity contribution in [2.45, 2.75) is 0 Å². The second-order valence-corrected chi connectivity index (χ2v) is 6.22. The van der Waals surface area contributed by atoms with Crippen LogP contribution in [-0.2, 0) is 0 Å². The first kappa shape index (κ1) is 16.3. The highest BCUT2D eigenvalue weighted by molar-refractivity contribution is 7.11. The molecule has 1 heterocycles.